The summed E-state index contributed by atoms with van der Waals surface area (Å²) in [5.41, 5.74) is 3.48. The Morgan fingerprint density at radius 1 is 1.00 bits per heavy atom. The molecule has 0 saturated heterocycles. The van der Waals surface area contributed by atoms with Crippen LogP contribution in [0, 0.1) is 0 Å². The maximum Gasteiger partial charge on any atom is 0.255 e. The van der Waals surface area contributed by atoms with Crippen LogP contribution in [0.1, 0.15) is 24.1 Å². The van der Waals surface area contributed by atoms with Gasteiger partial charge in [-0.15, -0.1) is 0 Å². The molecule has 0 saturated carbocycles. The fourth-order valence-corrected chi connectivity index (χ4v) is 4.20. The highest BCUT2D eigenvalue weighted by Gasteiger charge is 2.34. The van der Waals surface area contributed by atoms with Gasteiger partial charge in [-0.25, -0.2) is 0 Å². The number of ether oxygens (including phenoxy) is 3. The number of benzene rings is 3. The first-order valence-corrected chi connectivity index (χ1v) is 11.6. The van der Waals surface area contributed by atoms with Crippen molar-refractivity contribution in [3.63, 3.8) is 0 Å². The summed E-state index contributed by atoms with van der Waals surface area (Å²) in [6.45, 7) is 2.28. The number of nitrogens with zero attached hydrogens (tertiary/aromatic N) is 4. The number of methoxy groups -OCH3 is 2. The molecule has 1 atom stereocenters. The molecule has 1 amide bonds. The third-order valence-electron chi connectivity index (χ3n) is 6.06. The monoisotopic (exact) mass is 498 g/mol. The third kappa shape index (κ3) is 4.94. The Hall–Kier alpha value is -4.86. The number of aromatic nitrogens is 4. The van der Waals surface area contributed by atoms with Crippen LogP contribution in [-0.4, -0.2) is 40.3 Å². The van der Waals surface area contributed by atoms with Gasteiger partial charge in [0.05, 0.1) is 25.5 Å². The number of hydrogen-bond acceptors (Lipinski definition) is 8. The fraction of sp³-hybridized carbons (Fsp3) is 0.185. The number of fused-ring (bicyclic) bond motifs is 1. The van der Waals surface area contributed by atoms with Gasteiger partial charge in [0, 0.05) is 11.8 Å². The molecular formula is C27H26N6O4. The highest BCUT2D eigenvalue weighted by molar-refractivity contribution is 6.06. The number of rotatable bonds is 8. The second-order valence-corrected chi connectivity index (χ2v) is 8.38. The number of anilines is 2. The number of tetrazole rings is 1. The van der Waals surface area contributed by atoms with Crippen LogP contribution < -0.4 is 24.8 Å². The van der Waals surface area contributed by atoms with Crippen LogP contribution >= 0.6 is 0 Å². The Morgan fingerprint density at radius 2 is 1.76 bits per heavy atom. The van der Waals surface area contributed by atoms with Crippen molar-refractivity contribution in [2.24, 2.45) is 0 Å². The lowest BCUT2D eigenvalue weighted by Crippen LogP contribution is -2.31. The maximum absolute atomic E-state index is 13.7. The van der Waals surface area contributed by atoms with E-state index >= 15 is 0 Å². The highest BCUT2D eigenvalue weighted by atomic mass is 16.5. The first-order chi connectivity index (χ1) is 18.1. The molecule has 5 rings (SSSR count). The molecule has 3 aromatic carbocycles. The molecule has 1 aliphatic rings. The molecule has 0 bridgehead atoms. The molecule has 0 fully saturated rings. The molecule has 0 aliphatic carbocycles. The van der Waals surface area contributed by atoms with Gasteiger partial charge < -0.3 is 24.8 Å². The van der Waals surface area contributed by atoms with Crippen LogP contribution in [0.3, 0.4) is 0 Å². The Balaban J connectivity index is 1.44. The van der Waals surface area contributed by atoms with Crippen LogP contribution in [0.25, 0.3) is 0 Å². The summed E-state index contributed by atoms with van der Waals surface area (Å²) in [7, 11) is 3.11. The molecule has 188 valence electrons. The van der Waals surface area contributed by atoms with Crippen LogP contribution in [-0.2, 0) is 11.4 Å². The van der Waals surface area contributed by atoms with Crippen molar-refractivity contribution in [3.05, 3.63) is 95.2 Å². The summed E-state index contributed by atoms with van der Waals surface area (Å²) in [4.78, 5) is 13.7. The lowest BCUT2D eigenvalue weighted by Gasteiger charge is -2.28. The van der Waals surface area contributed by atoms with Crippen molar-refractivity contribution in [2.45, 2.75) is 19.6 Å². The van der Waals surface area contributed by atoms with Crippen LogP contribution in [0.4, 0.5) is 11.6 Å². The third-order valence-corrected chi connectivity index (χ3v) is 6.06. The smallest absolute Gasteiger partial charge is 0.255 e. The average Bonchev–Trinajstić information content (AvgIpc) is 3.40. The number of allylic oxidation sites excluding steroid dienone is 1. The molecule has 0 radical (unpaired) electrons. The van der Waals surface area contributed by atoms with Gasteiger partial charge in [0.25, 0.3) is 5.91 Å². The highest BCUT2D eigenvalue weighted by Crippen LogP contribution is 2.37. The zero-order valence-corrected chi connectivity index (χ0v) is 20.6. The Kier molecular flexibility index (Phi) is 6.71. The van der Waals surface area contributed by atoms with E-state index < -0.39 is 6.04 Å². The summed E-state index contributed by atoms with van der Waals surface area (Å²) in [5.74, 6) is 1.94. The van der Waals surface area contributed by atoms with Gasteiger partial charge in [-0.05, 0) is 52.7 Å². The molecular weight excluding hydrogens is 472 g/mol. The molecule has 2 N–H and O–H groups in total. The summed E-state index contributed by atoms with van der Waals surface area (Å²) in [6, 6.07) is 22.2. The Labute approximate surface area is 213 Å². The summed E-state index contributed by atoms with van der Waals surface area (Å²) in [5, 5.41) is 18.1. The normalized spacial score (nSPS) is 14.4. The predicted octanol–water partition coefficient (Wildman–Crippen LogP) is 4.20. The van der Waals surface area contributed by atoms with Crippen molar-refractivity contribution in [2.75, 3.05) is 24.9 Å². The van der Waals surface area contributed by atoms with Crippen LogP contribution in [0.15, 0.2) is 84.1 Å². The van der Waals surface area contributed by atoms with E-state index in [1.54, 1.807) is 37.1 Å². The van der Waals surface area contributed by atoms with Crippen molar-refractivity contribution < 1.29 is 19.0 Å². The van der Waals surface area contributed by atoms with Gasteiger partial charge in [-0.3, -0.25) is 4.79 Å². The molecule has 1 aliphatic heterocycles. The number of carbonyl (C=O) groups excluding carboxylic acids is 1. The minimum Gasteiger partial charge on any atom is -0.497 e. The fourth-order valence-electron chi connectivity index (χ4n) is 4.20. The maximum atomic E-state index is 13.7. The molecule has 0 unspecified atom stereocenters. The van der Waals surface area contributed by atoms with Gasteiger partial charge >= 0.3 is 0 Å². The topological polar surface area (TPSA) is 112 Å². The first-order valence-electron chi connectivity index (χ1n) is 11.6. The molecule has 37 heavy (non-hydrogen) atoms. The van der Waals surface area contributed by atoms with Gasteiger partial charge in [0.2, 0.25) is 5.95 Å². The second kappa shape index (κ2) is 10.4. The van der Waals surface area contributed by atoms with E-state index in [2.05, 4.69) is 26.2 Å². The van der Waals surface area contributed by atoms with E-state index in [0.717, 1.165) is 11.1 Å². The van der Waals surface area contributed by atoms with Gasteiger partial charge in [0.1, 0.15) is 29.9 Å². The van der Waals surface area contributed by atoms with E-state index in [1.165, 1.54) is 0 Å². The molecule has 4 aromatic rings. The molecule has 2 heterocycles. The molecule has 1 aromatic heterocycles. The minimum atomic E-state index is -0.564. The Bertz CT molecular complexity index is 1430. The van der Waals surface area contributed by atoms with Gasteiger partial charge in [0.15, 0.2) is 0 Å². The Morgan fingerprint density at radius 3 is 2.49 bits per heavy atom. The lowest BCUT2D eigenvalue weighted by molar-refractivity contribution is -0.113. The predicted molar refractivity (Wildman–Crippen MR) is 138 cm³/mol. The summed E-state index contributed by atoms with van der Waals surface area (Å²) in [6.07, 6.45) is 0. The van der Waals surface area contributed by atoms with Gasteiger partial charge in [-0.2, -0.15) is 4.68 Å². The quantitative estimate of drug-likeness (QED) is 0.372. The van der Waals surface area contributed by atoms with Crippen molar-refractivity contribution >= 4 is 17.5 Å². The van der Waals surface area contributed by atoms with Crippen LogP contribution in [0.2, 0.25) is 0 Å². The molecule has 0 spiro atoms. The summed E-state index contributed by atoms with van der Waals surface area (Å²) < 4.78 is 18.3. The molecule has 10 heteroatoms. The van der Waals surface area contributed by atoms with Crippen molar-refractivity contribution in [3.8, 4) is 17.2 Å². The minimum absolute atomic E-state index is 0.327. The van der Waals surface area contributed by atoms with Crippen molar-refractivity contribution in [1.29, 1.82) is 0 Å². The lowest BCUT2D eigenvalue weighted by atomic mass is 9.95. The van der Waals surface area contributed by atoms with E-state index in [9.17, 15) is 4.79 Å². The SMILES string of the molecule is COc1ccc(OC)c(NC(=O)C2=C(C)Nc3nnnn3[C@@H]2c2ccc(OCc3ccccc3)cc2)c1. The largest absolute Gasteiger partial charge is 0.497 e. The van der Waals surface area contributed by atoms with Gasteiger partial charge in [-0.1, -0.05) is 47.6 Å². The van der Waals surface area contributed by atoms with E-state index in [0.29, 0.717) is 46.8 Å². The number of amides is 1. The van der Waals surface area contributed by atoms with E-state index in [4.69, 9.17) is 14.2 Å². The first kappa shape index (κ1) is 23.9. The van der Waals surface area contributed by atoms with E-state index in [-0.39, 0.29) is 5.91 Å². The standard InChI is InChI=1S/C27H26N6O4/c1-17-24(26(34)29-22-15-21(35-2)13-14-23(22)36-3)25(33-27(28-17)30-31-32-33)19-9-11-20(12-10-19)37-16-18-7-5-4-6-8-18/h4-15,25H,16H2,1-3H3,(H,29,34)(H,28,30,32)/t25-/m1/s1. The summed E-state index contributed by atoms with van der Waals surface area (Å²) >= 11 is 0. The zero-order valence-electron chi connectivity index (χ0n) is 20.6. The van der Waals surface area contributed by atoms with Crippen molar-refractivity contribution in [1.82, 2.24) is 20.2 Å². The van der Waals surface area contributed by atoms with Crippen LogP contribution in [0.5, 0.6) is 17.2 Å². The average molecular weight is 499 g/mol. The number of nitrogens with one attached hydrogen (secondary N) is 2. The number of carbonyl (C=O) groups is 1. The number of hydrogen-bond donors (Lipinski definition) is 2. The van der Waals surface area contributed by atoms with E-state index in [1.807, 2.05) is 61.5 Å². The molecule has 10 nitrogen and oxygen atoms in total. The zero-order chi connectivity index (χ0) is 25.8. The second-order valence-electron chi connectivity index (χ2n) is 8.38.